The van der Waals surface area contributed by atoms with E-state index in [0.29, 0.717) is 30.4 Å². The van der Waals surface area contributed by atoms with Gasteiger partial charge in [0, 0.05) is 24.6 Å². The van der Waals surface area contributed by atoms with Crippen LogP contribution in [0.5, 0.6) is 0 Å². The van der Waals surface area contributed by atoms with Crippen LogP contribution in [0, 0.1) is 5.41 Å². The Bertz CT molecular complexity index is 496. The van der Waals surface area contributed by atoms with Gasteiger partial charge in [0.2, 0.25) is 5.91 Å². The number of carbonyl (C=O) groups is 2. The first-order valence-corrected chi connectivity index (χ1v) is 7.53. The van der Waals surface area contributed by atoms with Gasteiger partial charge >= 0.3 is 5.97 Å². The standard InChI is InChI=1S/C13H16ClNO4S/c14-10-2-1-9(20-10)7-11(16)15-8-13(12(17)18)3-5-19-6-4-13/h1-2H,3-8H2,(H,15,16)(H,17,18). The van der Waals surface area contributed by atoms with E-state index >= 15 is 0 Å². The molecule has 2 N–H and O–H groups in total. The molecular formula is C13H16ClNO4S. The number of amides is 1. The molecule has 2 rings (SSSR count). The molecule has 0 aliphatic carbocycles. The fourth-order valence-corrected chi connectivity index (χ4v) is 3.25. The van der Waals surface area contributed by atoms with Gasteiger partial charge in [0.1, 0.15) is 0 Å². The molecule has 7 heteroatoms. The summed E-state index contributed by atoms with van der Waals surface area (Å²) in [6.45, 7) is 0.981. The molecule has 5 nitrogen and oxygen atoms in total. The van der Waals surface area contributed by atoms with Crippen molar-refractivity contribution in [2.75, 3.05) is 19.8 Å². The number of carboxylic acid groups (broad SMARTS) is 1. The van der Waals surface area contributed by atoms with Crippen LogP contribution >= 0.6 is 22.9 Å². The molecule has 0 radical (unpaired) electrons. The Morgan fingerprint density at radius 2 is 2.10 bits per heavy atom. The largest absolute Gasteiger partial charge is 0.481 e. The quantitative estimate of drug-likeness (QED) is 0.870. The van der Waals surface area contributed by atoms with Gasteiger partial charge in [-0.05, 0) is 25.0 Å². The number of carboxylic acids is 1. The average molecular weight is 318 g/mol. The minimum Gasteiger partial charge on any atom is -0.481 e. The number of ether oxygens (including phenoxy) is 1. The summed E-state index contributed by atoms with van der Waals surface area (Å²) < 4.78 is 5.83. The third-order valence-corrected chi connectivity index (χ3v) is 4.72. The van der Waals surface area contributed by atoms with Crippen molar-refractivity contribution in [2.45, 2.75) is 19.3 Å². The molecule has 1 aromatic heterocycles. The summed E-state index contributed by atoms with van der Waals surface area (Å²) in [7, 11) is 0. The summed E-state index contributed by atoms with van der Waals surface area (Å²) >= 11 is 7.15. The zero-order chi connectivity index (χ0) is 14.6. The molecule has 0 bridgehead atoms. The van der Waals surface area contributed by atoms with E-state index in [4.69, 9.17) is 16.3 Å². The van der Waals surface area contributed by atoms with Crippen molar-refractivity contribution in [3.8, 4) is 0 Å². The van der Waals surface area contributed by atoms with E-state index in [0.717, 1.165) is 4.88 Å². The molecule has 20 heavy (non-hydrogen) atoms. The van der Waals surface area contributed by atoms with Gasteiger partial charge in [0.25, 0.3) is 0 Å². The molecular weight excluding hydrogens is 302 g/mol. The normalized spacial score (nSPS) is 17.6. The molecule has 1 aromatic rings. The van der Waals surface area contributed by atoms with Crippen LogP contribution in [-0.4, -0.2) is 36.7 Å². The lowest BCUT2D eigenvalue weighted by Gasteiger charge is -2.33. The van der Waals surface area contributed by atoms with Crippen molar-refractivity contribution < 1.29 is 19.4 Å². The fourth-order valence-electron chi connectivity index (χ4n) is 2.16. The molecule has 1 amide bonds. The average Bonchev–Trinajstić information content (AvgIpc) is 2.83. The maximum absolute atomic E-state index is 11.9. The molecule has 0 unspecified atom stereocenters. The molecule has 1 aliphatic rings. The lowest BCUT2D eigenvalue weighted by atomic mass is 9.80. The van der Waals surface area contributed by atoms with Crippen molar-refractivity contribution in [2.24, 2.45) is 5.41 Å². The molecule has 1 fully saturated rings. The zero-order valence-corrected chi connectivity index (χ0v) is 12.4. The third kappa shape index (κ3) is 3.71. The van der Waals surface area contributed by atoms with Crippen LogP contribution in [0.4, 0.5) is 0 Å². The highest BCUT2D eigenvalue weighted by Gasteiger charge is 2.40. The summed E-state index contributed by atoms with van der Waals surface area (Å²) in [4.78, 5) is 24.2. The number of hydrogen-bond acceptors (Lipinski definition) is 4. The lowest BCUT2D eigenvalue weighted by molar-refractivity contribution is -0.154. The smallest absolute Gasteiger partial charge is 0.311 e. The Labute approximate surface area is 125 Å². The van der Waals surface area contributed by atoms with E-state index in [-0.39, 0.29) is 18.9 Å². The van der Waals surface area contributed by atoms with Crippen LogP contribution < -0.4 is 5.32 Å². The van der Waals surface area contributed by atoms with Gasteiger partial charge in [-0.3, -0.25) is 9.59 Å². The summed E-state index contributed by atoms with van der Waals surface area (Å²) in [5, 5.41) is 12.1. The van der Waals surface area contributed by atoms with Crippen LogP contribution in [0.3, 0.4) is 0 Å². The molecule has 2 heterocycles. The van der Waals surface area contributed by atoms with Gasteiger partial charge in [0.05, 0.1) is 16.2 Å². The first kappa shape index (κ1) is 15.3. The van der Waals surface area contributed by atoms with Gasteiger partial charge in [0.15, 0.2) is 0 Å². The molecule has 1 aliphatic heterocycles. The Kier molecular flexibility index (Phi) is 5.01. The molecule has 0 aromatic carbocycles. The third-order valence-electron chi connectivity index (χ3n) is 3.49. The van der Waals surface area contributed by atoms with Gasteiger partial charge < -0.3 is 15.2 Å². The van der Waals surface area contributed by atoms with Crippen LogP contribution in [0.2, 0.25) is 4.34 Å². The van der Waals surface area contributed by atoms with Gasteiger partial charge in [-0.25, -0.2) is 0 Å². The second-order valence-corrected chi connectivity index (χ2v) is 6.66. The lowest BCUT2D eigenvalue weighted by Crippen LogP contribution is -2.46. The number of rotatable bonds is 5. The molecule has 110 valence electrons. The monoisotopic (exact) mass is 317 g/mol. The van der Waals surface area contributed by atoms with E-state index in [9.17, 15) is 14.7 Å². The van der Waals surface area contributed by atoms with Crippen LogP contribution in [0.15, 0.2) is 12.1 Å². The van der Waals surface area contributed by atoms with Crippen LogP contribution in [0.25, 0.3) is 0 Å². The van der Waals surface area contributed by atoms with Crippen LogP contribution in [0.1, 0.15) is 17.7 Å². The topological polar surface area (TPSA) is 75.6 Å². The molecule has 0 atom stereocenters. The minimum atomic E-state index is -0.902. The summed E-state index contributed by atoms with van der Waals surface area (Å²) in [5.74, 6) is -1.06. The number of carbonyl (C=O) groups excluding carboxylic acids is 1. The van der Waals surface area contributed by atoms with E-state index in [2.05, 4.69) is 5.32 Å². The number of nitrogens with one attached hydrogen (secondary N) is 1. The zero-order valence-electron chi connectivity index (χ0n) is 10.9. The predicted octanol–water partition coefficient (Wildman–Crippen LogP) is 1.94. The summed E-state index contributed by atoms with van der Waals surface area (Å²) in [6.07, 6.45) is 1.07. The first-order valence-electron chi connectivity index (χ1n) is 6.34. The first-order chi connectivity index (χ1) is 9.52. The molecule has 1 saturated heterocycles. The van der Waals surface area contributed by atoms with Crippen molar-refractivity contribution in [3.05, 3.63) is 21.3 Å². The Morgan fingerprint density at radius 1 is 1.40 bits per heavy atom. The van der Waals surface area contributed by atoms with Gasteiger partial charge in [-0.15, -0.1) is 11.3 Å². The molecule has 0 spiro atoms. The number of hydrogen-bond donors (Lipinski definition) is 2. The second kappa shape index (κ2) is 6.56. The fraction of sp³-hybridized carbons (Fsp3) is 0.538. The predicted molar refractivity (Wildman–Crippen MR) is 76.2 cm³/mol. The summed E-state index contributed by atoms with van der Waals surface area (Å²) in [5.41, 5.74) is -0.902. The van der Waals surface area contributed by atoms with Crippen molar-refractivity contribution in [1.29, 1.82) is 0 Å². The molecule has 0 saturated carbocycles. The number of thiophene rings is 1. The highest BCUT2D eigenvalue weighted by molar-refractivity contribution is 7.16. The van der Waals surface area contributed by atoms with Crippen molar-refractivity contribution >= 4 is 34.8 Å². The number of aliphatic carboxylic acids is 1. The maximum atomic E-state index is 11.9. The Hall–Kier alpha value is -1.11. The minimum absolute atomic E-state index is 0.142. The van der Waals surface area contributed by atoms with Crippen molar-refractivity contribution in [1.82, 2.24) is 5.32 Å². The number of halogens is 1. The van der Waals surface area contributed by atoms with Gasteiger partial charge in [-0.2, -0.15) is 0 Å². The SMILES string of the molecule is O=C(Cc1ccc(Cl)s1)NCC1(C(=O)O)CCOCC1. The van der Waals surface area contributed by atoms with Gasteiger partial charge in [-0.1, -0.05) is 11.6 Å². The van der Waals surface area contributed by atoms with Crippen LogP contribution in [-0.2, 0) is 20.7 Å². The van der Waals surface area contributed by atoms with Crippen molar-refractivity contribution in [3.63, 3.8) is 0 Å². The highest BCUT2D eigenvalue weighted by atomic mass is 35.5. The Morgan fingerprint density at radius 3 is 2.65 bits per heavy atom. The summed E-state index contributed by atoms with van der Waals surface area (Å²) in [6, 6.07) is 3.54. The Balaban J connectivity index is 1.89. The van der Waals surface area contributed by atoms with E-state index in [1.165, 1.54) is 11.3 Å². The van der Waals surface area contributed by atoms with E-state index < -0.39 is 11.4 Å². The maximum Gasteiger partial charge on any atom is 0.311 e. The second-order valence-electron chi connectivity index (χ2n) is 4.86. The van der Waals surface area contributed by atoms with E-state index in [1.54, 1.807) is 12.1 Å². The van der Waals surface area contributed by atoms with E-state index in [1.807, 2.05) is 0 Å². The highest BCUT2D eigenvalue weighted by Crippen LogP contribution is 2.30.